The molecule has 5 nitrogen and oxygen atoms in total. The number of hydrogen-bond donors (Lipinski definition) is 1. The molecule has 2 amide bonds. The number of hydrogen-bond acceptors (Lipinski definition) is 3. The minimum atomic E-state index is -1.24. The number of carboxylic acids is 1. The Hall–Kier alpha value is -2.24. The third-order valence-electron chi connectivity index (χ3n) is 3.08. The summed E-state index contributed by atoms with van der Waals surface area (Å²) in [5, 5.41) is 8.62. The topological polar surface area (TPSA) is 74.7 Å². The minimum absolute atomic E-state index is 0.0556. The van der Waals surface area contributed by atoms with Crippen LogP contribution in [0.1, 0.15) is 24.3 Å². The van der Waals surface area contributed by atoms with Crippen molar-refractivity contribution in [2.24, 2.45) is 0 Å². The van der Waals surface area contributed by atoms with Gasteiger partial charge >= 0.3 is 5.97 Å². The van der Waals surface area contributed by atoms with E-state index in [1.807, 2.05) is 0 Å². The van der Waals surface area contributed by atoms with Gasteiger partial charge in [0, 0.05) is 18.8 Å². The molecule has 19 heavy (non-hydrogen) atoms. The molecule has 1 N–H and O–H groups in total. The Bertz CT molecular complexity index is 525. The number of amides is 2. The summed E-state index contributed by atoms with van der Waals surface area (Å²) >= 11 is 0. The summed E-state index contributed by atoms with van der Waals surface area (Å²) in [4.78, 5) is 34.8. The van der Waals surface area contributed by atoms with Gasteiger partial charge in [-0.15, -0.1) is 0 Å². The summed E-state index contributed by atoms with van der Waals surface area (Å²) < 4.78 is 13.6. The van der Waals surface area contributed by atoms with Crippen LogP contribution in [-0.4, -0.2) is 34.3 Å². The maximum absolute atomic E-state index is 13.6. The quantitative estimate of drug-likeness (QED) is 0.832. The molecule has 1 aliphatic rings. The molecule has 0 unspecified atom stereocenters. The number of aliphatic carboxylic acids is 1. The second-order valence-corrected chi connectivity index (χ2v) is 4.39. The number of piperidine rings is 1. The first-order valence-electron chi connectivity index (χ1n) is 5.78. The molecule has 100 valence electrons. The van der Waals surface area contributed by atoms with E-state index in [0.717, 1.165) is 0 Å². The molecule has 0 saturated carbocycles. The second kappa shape index (κ2) is 5.17. The number of likely N-dealkylation sites (tertiary alicyclic amines) is 1. The Morgan fingerprint density at radius 2 is 1.84 bits per heavy atom. The van der Waals surface area contributed by atoms with Crippen LogP contribution in [0, 0.1) is 5.82 Å². The molecule has 0 aliphatic carbocycles. The zero-order valence-electron chi connectivity index (χ0n) is 10.0. The van der Waals surface area contributed by atoms with Gasteiger partial charge < -0.3 is 5.11 Å². The van der Waals surface area contributed by atoms with E-state index in [-0.39, 0.29) is 12.8 Å². The molecule has 0 bridgehead atoms. The fraction of sp³-hybridized carbons (Fsp3) is 0.308. The molecule has 1 aromatic carbocycles. The van der Waals surface area contributed by atoms with E-state index in [1.165, 1.54) is 18.2 Å². The van der Waals surface area contributed by atoms with Crippen molar-refractivity contribution in [2.75, 3.05) is 6.54 Å². The lowest BCUT2D eigenvalue weighted by atomic mass is 9.88. The molecular formula is C13H12FNO4. The largest absolute Gasteiger partial charge is 0.480 e. The molecule has 1 heterocycles. The number of imide groups is 1. The van der Waals surface area contributed by atoms with Crippen LogP contribution in [0.3, 0.4) is 0 Å². The van der Waals surface area contributed by atoms with E-state index in [0.29, 0.717) is 10.5 Å². The van der Waals surface area contributed by atoms with Crippen molar-refractivity contribution in [2.45, 2.75) is 18.8 Å². The smallest absolute Gasteiger partial charge is 0.323 e. The fourth-order valence-corrected chi connectivity index (χ4v) is 2.19. The Kier molecular flexibility index (Phi) is 3.59. The molecule has 1 aliphatic heterocycles. The van der Waals surface area contributed by atoms with Gasteiger partial charge in [0.25, 0.3) is 0 Å². The summed E-state index contributed by atoms with van der Waals surface area (Å²) in [6.45, 7) is -0.637. The molecule has 1 fully saturated rings. The number of benzene rings is 1. The predicted octanol–water partition coefficient (Wildman–Crippen LogP) is 1.14. The number of carbonyl (C=O) groups is 3. The summed E-state index contributed by atoms with van der Waals surface area (Å²) in [6, 6.07) is 5.97. The summed E-state index contributed by atoms with van der Waals surface area (Å²) in [7, 11) is 0. The van der Waals surface area contributed by atoms with Crippen molar-refractivity contribution < 1.29 is 23.9 Å². The highest BCUT2D eigenvalue weighted by Gasteiger charge is 2.35. The Morgan fingerprint density at radius 1 is 1.26 bits per heavy atom. The Morgan fingerprint density at radius 3 is 2.37 bits per heavy atom. The molecule has 0 spiro atoms. The van der Waals surface area contributed by atoms with Crippen molar-refractivity contribution in [1.82, 2.24) is 4.90 Å². The highest BCUT2D eigenvalue weighted by molar-refractivity contribution is 6.00. The molecular weight excluding hydrogens is 253 g/mol. The van der Waals surface area contributed by atoms with Gasteiger partial charge in [-0.2, -0.15) is 0 Å². The average molecular weight is 265 g/mol. The molecule has 0 aromatic heterocycles. The standard InChI is InChI=1S/C13H12FNO4/c14-10-4-2-1-3-9(10)8-5-11(16)15(7-13(18)19)12(17)6-8/h1-4,8H,5-7H2,(H,18,19). The molecule has 1 aromatic rings. The Labute approximate surface area is 108 Å². The number of carbonyl (C=O) groups excluding carboxylic acids is 2. The van der Waals surface area contributed by atoms with Crippen LogP contribution in [0.15, 0.2) is 24.3 Å². The van der Waals surface area contributed by atoms with Crippen LogP contribution in [0.5, 0.6) is 0 Å². The summed E-state index contributed by atoms with van der Waals surface area (Å²) in [5.74, 6) is -3.38. The molecule has 1 saturated heterocycles. The van der Waals surface area contributed by atoms with Gasteiger partial charge in [-0.3, -0.25) is 19.3 Å². The summed E-state index contributed by atoms with van der Waals surface area (Å²) in [5.41, 5.74) is 0.319. The lowest BCUT2D eigenvalue weighted by Gasteiger charge is -2.29. The zero-order chi connectivity index (χ0) is 14.0. The fourth-order valence-electron chi connectivity index (χ4n) is 2.19. The molecule has 0 atom stereocenters. The van der Waals surface area contributed by atoms with Gasteiger partial charge in [-0.1, -0.05) is 18.2 Å². The predicted molar refractivity (Wildman–Crippen MR) is 62.7 cm³/mol. The van der Waals surface area contributed by atoms with Crippen LogP contribution in [0.25, 0.3) is 0 Å². The normalized spacial score (nSPS) is 16.8. The highest BCUT2D eigenvalue weighted by Crippen LogP contribution is 2.30. The van der Waals surface area contributed by atoms with Gasteiger partial charge in [-0.25, -0.2) is 4.39 Å². The van der Waals surface area contributed by atoms with Crippen LogP contribution in [0.4, 0.5) is 4.39 Å². The van der Waals surface area contributed by atoms with Crippen molar-refractivity contribution >= 4 is 17.8 Å². The minimum Gasteiger partial charge on any atom is -0.480 e. The summed E-state index contributed by atoms with van der Waals surface area (Å²) in [6.07, 6.45) is -0.111. The van der Waals surface area contributed by atoms with Crippen LogP contribution < -0.4 is 0 Å². The SMILES string of the molecule is O=C(O)CN1C(=O)CC(c2ccccc2F)CC1=O. The first-order valence-corrected chi connectivity index (χ1v) is 5.78. The van der Waals surface area contributed by atoms with E-state index in [1.54, 1.807) is 6.07 Å². The van der Waals surface area contributed by atoms with Gasteiger partial charge in [0.15, 0.2) is 0 Å². The number of rotatable bonds is 3. The van der Waals surface area contributed by atoms with Crippen LogP contribution >= 0.6 is 0 Å². The molecule has 0 radical (unpaired) electrons. The lowest BCUT2D eigenvalue weighted by Crippen LogP contribution is -2.45. The number of carboxylic acid groups (broad SMARTS) is 1. The third kappa shape index (κ3) is 2.78. The first kappa shape index (κ1) is 13.2. The van der Waals surface area contributed by atoms with E-state index < -0.39 is 36.1 Å². The maximum atomic E-state index is 13.6. The van der Waals surface area contributed by atoms with Crippen molar-refractivity contribution in [3.05, 3.63) is 35.6 Å². The number of nitrogens with zero attached hydrogens (tertiary/aromatic N) is 1. The molecule has 6 heteroatoms. The van der Waals surface area contributed by atoms with E-state index in [4.69, 9.17) is 5.11 Å². The van der Waals surface area contributed by atoms with Gasteiger partial charge in [0.05, 0.1) is 0 Å². The average Bonchev–Trinajstić information content (AvgIpc) is 2.34. The van der Waals surface area contributed by atoms with Crippen molar-refractivity contribution in [1.29, 1.82) is 0 Å². The van der Waals surface area contributed by atoms with Gasteiger partial charge in [-0.05, 0) is 11.6 Å². The number of halogens is 1. The maximum Gasteiger partial charge on any atom is 0.323 e. The van der Waals surface area contributed by atoms with Crippen molar-refractivity contribution in [3.63, 3.8) is 0 Å². The zero-order valence-corrected chi connectivity index (χ0v) is 10.0. The van der Waals surface area contributed by atoms with Crippen LogP contribution in [0.2, 0.25) is 0 Å². The van der Waals surface area contributed by atoms with E-state index in [9.17, 15) is 18.8 Å². The van der Waals surface area contributed by atoms with E-state index >= 15 is 0 Å². The van der Waals surface area contributed by atoms with Crippen LogP contribution in [-0.2, 0) is 14.4 Å². The van der Waals surface area contributed by atoms with Gasteiger partial charge in [0.2, 0.25) is 11.8 Å². The third-order valence-corrected chi connectivity index (χ3v) is 3.08. The first-order chi connectivity index (χ1) is 8.99. The monoisotopic (exact) mass is 265 g/mol. The Balaban J connectivity index is 2.18. The van der Waals surface area contributed by atoms with Crippen molar-refractivity contribution in [3.8, 4) is 0 Å². The highest BCUT2D eigenvalue weighted by atomic mass is 19.1. The second-order valence-electron chi connectivity index (χ2n) is 4.39. The van der Waals surface area contributed by atoms with Gasteiger partial charge in [0.1, 0.15) is 12.4 Å². The lowest BCUT2D eigenvalue weighted by molar-refractivity contribution is -0.155. The van der Waals surface area contributed by atoms with E-state index in [2.05, 4.69) is 0 Å². The molecule has 2 rings (SSSR count).